The highest BCUT2D eigenvalue weighted by Gasteiger charge is 2.35. The van der Waals surface area contributed by atoms with Crippen molar-refractivity contribution in [1.29, 1.82) is 0 Å². The molecule has 7 heteroatoms. The van der Waals surface area contributed by atoms with Crippen LogP contribution in [0.5, 0.6) is 0 Å². The lowest BCUT2D eigenvalue weighted by Gasteiger charge is -2.29. The first-order valence-electron chi connectivity index (χ1n) is 11.1. The zero-order valence-electron chi connectivity index (χ0n) is 19.0. The minimum absolute atomic E-state index is 0.198. The number of amides is 2. The third kappa shape index (κ3) is 5.68. The summed E-state index contributed by atoms with van der Waals surface area (Å²) in [4.78, 5) is 27.8. The number of benzene rings is 3. The number of hydrogen-bond acceptors (Lipinski definition) is 5. The minimum atomic E-state index is -0.490. The van der Waals surface area contributed by atoms with Crippen LogP contribution in [0, 0.1) is 0 Å². The van der Waals surface area contributed by atoms with Gasteiger partial charge in [-0.3, -0.25) is 9.59 Å². The number of primary amides is 1. The monoisotopic (exact) mass is 472 g/mol. The van der Waals surface area contributed by atoms with Crippen LogP contribution in [0.2, 0.25) is 0 Å². The second-order valence-electron chi connectivity index (χ2n) is 8.09. The van der Waals surface area contributed by atoms with Gasteiger partial charge < -0.3 is 21.3 Å². The lowest BCUT2D eigenvalue weighted by molar-refractivity contribution is -0.114. The van der Waals surface area contributed by atoms with Crippen LogP contribution in [0.25, 0.3) is 0 Å². The van der Waals surface area contributed by atoms with E-state index in [4.69, 9.17) is 5.73 Å². The molecule has 1 unspecified atom stereocenters. The molecule has 34 heavy (non-hydrogen) atoms. The predicted octanol–water partition coefficient (Wildman–Crippen LogP) is 3.46. The Morgan fingerprint density at radius 3 is 2.06 bits per heavy atom. The first-order valence-corrected chi connectivity index (χ1v) is 12.0. The number of likely N-dealkylation sites (N-methyl/N-ethyl adjacent to an activating group) is 1. The second-order valence-corrected chi connectivity index (χ2v) is 9.18. The number of rotatable bonds is 9. The molecular weight excluding hydrogens is 444 g/mol. The van der Waals surface area contributed by atoms with E-state index in [1.165, 1.54) is 17.3 Å². The van der Waals surface area contributed by atoms with E-state index in [2.05, 4.69) is 22.8 Å². The second kappa shape index (κ2) is 11.0. The molecule has 1 aliphatic rings. The van der Waals surface area contributed by atoms with Gasteiger partial charge in [0.15, 0.2) is 5.50 Å². The Morgan fingerprint density at radius 2 is 1.47 bits per heavy atom. The summed E-state index contributed by atoms with van der Waals surface area (Å²) in [5.74, 6) is -0.688. The van der Waals surface area contributed by atoms with Crippen molar-refractivity contribution < 1.29 is 9.59 Å². The average molecular weight is 473 g/mol. The van der Waals surface area contributed by atoms with Crippen LogP contribution < -0.4 is 16.4 Å². The summed E-state index contributed by atoms with van der Waals surface area (Å²) in [6, 6.07) is 27.8. The molecule has 0 aromatic heterocycles. The fourth-order valence-electron chi connectivity index (χ4n) is 3.93. The molecule has 4 N–H and O–H groups in total. The highest BCUT2D eigenvalue weighted by molar-refractivity contribution is 8.04. The summed E-state index contributed by atoms with van der Waals surface area (Å²) in [5, 5.41) is 6.19. The summed E-state index contributed by atoms with van der Waals surface area (Å²) < 4.78 is 0. The van der Waals surface area contributed by atoms with Gasteiger partial charge in [-0.15, -0.1) is 0 Å². The molecule has 0 fully saturated rings. The molecule has 6 nitrogen and oxygen atoms in total. The van der Waals surface area contributed by atoms with E-state index in [1.807, 2.05) is 84.7 Å². The van der Waals surface area contributed by atoms with Crippen molar-refractivity contribution in [2.45, 2.75) is 18.5 Å². The maximum Gasteiger partial charge on any atom is 0.257 e. The van der Waals surface area contributed by atoms with E-state index in [0.717, 1.165) is 23.2 Å². The van der Waals surface area contributed by atoms with Crippen molar-refractivity contribution in [3.8, 4) is 0 Å². The first kappa shape index (κ1) is 23.6. The van der Waals surface area contributed by atoms with E-state index in [0.29, 0.717) is 23.6 Å². The highest BCUT2D eigenvalue weighted by Crippen LogP contribution is 2.37. The number of nitrogens with one attached hydrogen (secondary N) is 2. The fourth-order valence-corrected chi connectivity index (χ4v) is 5.09. The maximum atomic E-state index is 13.1. The Kier molecular flexibility index (Phi) is 7.67. The predicted molar refractivity (Wildman–Crippen MR) is 137 cm³/mol. The quantitative estimate of drug-likeness (QED) is 0.444. The zero-order valence-corrected chi connectivity index (χ0v) is 19.8. The van der Waals surface area contributed by atoms with Crippen LogP contribution >= 0.6 is 11.8 Å². The zero-order chi connectivity index (χ0) is 23.9. The summed E-state index contributed by atoms with van der Waals surface area (Å²) >= 11 is 1.28. The molecule has 0 bridgehead atoms. The molecule has 1 heterocycles. The van der Waals surface area contributed by atoms with E-state index in [-0.39, 0.29) is 5.91 Å². The van der Waals surface area contributed by atoms with Crippen LogP contribution in [0.15, 0.2) is 95.5 Å². The van der Waals surface area contributed by atoms with Gasteiger partial charge in [0.05, 0.1) is 4.91 Å². The third-order valence-corrected chi connectivity index (χ3v) is 6.87. The van der Waals surface area contributed by atoms with Crippen molar-refractivity contribution in [3.05, 3.63) is 118 Å². The van der Waals surface area contributed by atoms with Crippen LogP contribution in [0.4, 0.5) is 0 Å². The van der Waals surface area contributed by atoms with E-state index < -0.39 is 11.4 Å². The summed E-state index contributed by atoms with van der Waals surface area (Å²) in [6.45, 7) is 1.02. The van der Waals surface area contributed by atoms with E-state index in [1.54, 1.807) is 0 Å². The van der Waals surface area contributed by atoms with Crippen molar-refractivity contribution >= 4 is 23.6 Å². The number of hydrogen-bond donors (Lipinski definition) is 3. The van der Waals surface area contributed by atoms with Gasteiger partial charge in [-0.2, -0.15) is 0 Å². The smallest absolute Gasteiger partial charge is 0.257 e. The Labute approximate surface area is 204 Å². The van der Waals surface area contributed by atoms with Gasteiger partial charge in [0.1, 0.15) is 0 Å². The molecule has 0 radical (unpaired) electrons. The molecule has 0 spiro atoms. The lowest BCUT2D eigenvalue weighted by atomic mass is 10.0. The number of nitrogens with zero attached hydrogens (tertiary/aromatic N) is 1. The van der Waals surface area contributed by atoms with E-state index >= 15 is 0 Å². The maximum absolute atomic E-state index is 13.1. The number of carbonyl (C=O) groups is 2. The van der Waals surface area contributed by atoms with Gasteiger partial charge in [-0.05, 0) is 42.3 Å². The lowest BCUT2D eigenvalue weighted by Crippen LogP contribution is -2.43. The molecule has 174 valence electrons. The SMILES string of the molecule is CNCC1=C(C(N)=O)SC(NC(=O)c2ccc(Cc3ccccc3)cc2)N1Cc1ccccc1. The van der Waals surface area contributed by atoms with Gasteiger partial charge >= 0.3 is 0 Å². The van der Waals surface area contributed by atoms with Gasteiger partial charge in [0.25, 0.3) is 11.8 Å². The fraction of sp³-hybridized carbons (Fsp3) is 0.185. The Balaban J connectivity index is 1.50. The third-order valence-electron chi connectivity index (χ3n) is 5.61. The molecule has 1 aliphatic heterocycles. The molecule has 1 atom stereocenters. The van der Waals surface area contributed by atoms with Crippen LogP contribution in [-0.4, -0.2) is 35.8 Å². The molecule has 4 rings (SSSR count). The topological polar surface area (TPSA) is 87.5 Å². The van der Waals surface area contributed by atoms with Crippen LogP contribution in [-0.2, 0) is 17.8 Å². The van der Waals surface area contributed by atoms with Gasteiger partial charge in [-0.25, -0.2) is 0 Å². The summed E-state index contributed by atoms with van der Waals surface area (Å²) in [5.41, 5.74) is 10.0. The highest BCUT2D eigenvalue weighted by atomic mass is 32.2. The normalized spacial score (nSPS) is 15.4. The Hall–Kier alpha value is -3.55. The first-order chi connectivity index (χ1) is 16.5. The van der Waals surface area contributed by atoms with Crippen LogP contribution in [0.1, 0.15) is 27.0 Å². The van der Waals surface area contributed by atoms with Gasteiger partial charge in [0.2, 0.25) is 0 Å². The Morgan fingerprint density at radius 1 is 0.882 bits per heavy atom. The van der Waals surface area contributed by atoms with Crippen molar-refractivity contribution in [3.63, 3.8) is 0 Å². The number of thioether (sulfide) groups is 1. The molecule has 0 saturated carbocycles. The molecule has 3 aromatic rings. The summed E-state index contributed by atoms with van der Waals surface area (Å²) in [7, 11) is 1.82. The summed E-state index contributed by atoms with van der Waals surface area (Å²) in [6.07, 6.45) is 0.811. The van der Waals surface area contributed by atoms with Gasteiger partial charge in [0, 0.05) is 24.4 Å². The van der Waals surface area contributed by atoms with Gasteiger partial charge in [-0.1, -0.05) is 84.6 Å². The average Bonchev–Trinajstić information content (AvgIpc) is 3.18. The van der Waals surface area contributed by atoms with Crippen molar-refractivity contribution in [2.75, 3.05) is 13.6 Å². The minimum Gasteiger partial charge on any atom is -0.365 e. The molecule has 0 saturated heterocycles. The molecule has 3 aromatic carbocycles. The number of nitrogens with two attached hydrogens (primary N) is 1. The molecule has 0 aliphatic carbocycles. The standard InChI is InChI=1S/C27H28N4O2S/c1-29-17-23-24(25(28)32)34-27(31(23)18-21-10-6-3-7-11-21)30-26(33)22-14-12-20(13-15-22)16-19-8-4-2-5-9-19/h2-15,27,29H,16-18H2,1H3,(H2,28,32)(H,30,33). The van der Waals surface area contributed by atoms with Crippen LogP contribution in [0.3, 0.4) is 0 Å². The van der Waals surface area contributed by atoms with E-state index in [9.17, 15) is 9.59 Å². The largest absolute Gasteiger partial charge is 0.365 e. The van der Waals surface area contributed by atoms with Crippen molar-refractivity contribution in [2.24, 2.45) is 5.73 Å². The molecular formula is C27H28N4O2S. The molecule has 2 amide bonds. The Bertz CT molecular complexity index is 1160. The number of carbonyl (C=O) groups excluding carboxylic acids is 2. The van der Waals surface area contributed by atoms with Crippen molar-refractivity contribution in [1.82, 2.24) is 15.5 Å².